The third-order valence-corrected chi connectivity index (χ3v) is 5.89. The maximum atomic E-state index is 12.9. The lowest BCUT2D eigenvalue weighted by atomic mass is 10.1. The van der Waals surface area contributed by atoms with Crippen LogP contribution in [0.25, 0.3) is 28.3 Å². The molecular formula is C26H30N10O5. The predicted octanol–water partition coefficient (Wildman–Crippen LogP) is 2.26. The lowest BCUT2D eigenvalue weighted by Crippen LogP contribution is -2.28. The number of anilines is 2. The second kappa shape index (κ2) is 13.0. The zero-order chi connectivity index (χ0) is 28.6. The summed E-state index contributed by atoms with van der Waals surface area (Å²) in [6, 6.07) is 9.87. The van der Waals surface area contributed by atoms with Crippen molar-refractivity contribution in [3.05, 3.63) is 54.4 Å². The van der Waals surface area contributed by atoms with Crippen LogP contribution in [0.4, 0.5) is 16.4 Å². The van der Waals surface area contributed by atoms with Gasteiger partial charge in [0, 0.05) is 25.5 Å². The largest absolute Gasteiger partial charge is 0.461 e. The van der Waals surface area contributed by atoms with Crippen LogP contribution in [0.5, 0.6) is 0 Å². The van der Waals surface area contributed by atoms with Crippen LogP contribution in [-0.2, 0) is 28.0 Å². The van der Waals surface area contributed by atoms with Gasteiger partial charge in [0.25, 0.3) is 0 Å². The highest BCUT2D eigenvalue weighted by atomic mass is 17.2. The number of aromatic nitrogens is 6. The first-order valence-corrected chi connectivity index (χ1v) is 13.0. The van der Waals surface area contributed by atoms with E-state index in [1.807, 2.05) is 0 Å². The normalized spacial score (nSPS) is 11.3. The Morgan fingerprint density at radius 2 is 1.85 bits per heavy atom. The molecule has 0 spiro atoms. The summed E-state index contributed by atoms with van der Waals surface area (Å²) in [6.07, 6.45) is 5.19. The maximum Gasteiger partial charge on any atom is 0.326 e. The van der Waals surface area contributed by atoms with E-state index in [1.165, 1.54) is 10.8 Å². The molecule has 41 heavy (non-hydrogen) atoms. The van der Waals surface area contributed by atoms with Crippen LogP contribution >= 0.6 is 0 Å². The highest BCUT2D eigenvalue weighted by molar-refractivity contribution is 6.00. The van der Waals surface area contributed by atoms with Crippen LogP contribution in [0.3, 0.4) is 0 Å². The van der Waals surface area contributed by atoms with E-state index in [9.17, 15) is 9.59 Å². The monoisotopic (exact) mass is 562 g/mol. The minimum atomic E-state index is -0.542. The van der Waals surface area contributed by atoms with E-state index in [4.69, 9.17) is 19.9 Å². The van der Waals surface area contributed by atoms with E-state index in [2.05, 4.69) is 36.1 Å². The minimum Gasteiger partial charge on any atom is -0.461 e. The predicted molar refractivity (Wildman–Crippen MR) is 149 cm³/mol. The number of furan rings is 1. The van der Waals surface area contributed by atoms with Crippen LogP contribution in [-0.4, -0.2) is 67.6 Å². The summed E-state index contributed by atoms with van der Waals surface area (Å²) in [5.74, 6) is 0.797. The molecule has 0 radical (unpaired) electrons. The van der Waals surface area contributed by atoms with E-state index in [0.29, 0.717) is 53.6 Å². The van der Waals surface area contributed by atoms with Crippen molar-refractivity contribution in [3.8, 4) is 11.6 Å². The van der Waals surface area contributed by atoms with Crippen LogP contribution in [0.2, 0.25) is 0 Å². The average Bonchev–Trinajstić information content (AvgIpc) is 3.71. The number of fused-ring (bicyclic) bond motifs is 3. The molecule has 0 atom stereocenters. The number of nitrogens with two attached hydrogens (primary N) is 1. The van der Waals surface area contributed by atoms with E-state index in [1.54, 1.807) is 54.3 Å². The molecule has 0 saturated heterocycles. The van der Waals surface area contributed by atoms with Crippen molar-refractivity contribution in [2.45, 2.75) is 19.3 Å². The summed E-state index contributed by atoms with van der Waals surface area (Å²) in [6.45, 7) is 1.67. The molecule has 5 rings (SSSR count). The highest BCUT2D eigenvalue weighted by Gasteiger charge is 2.19. The first-order chi connectivity index (χ1) is 20.0. The topological polar surface area (TPSA) is 189 Å². The number of unbranched alkanes of at least 4 members (excludes halogenated alkanes) is 1. The van der Waals surface area contributed by atoms with Gasteiger partial charge in [0.1, 0.15) is 0 Å². The number of rotatable bonds is 13. The molecule has 0 fully saturated rings. The smallest absolute Gasteiger partial charge is 0.326 e. The second-order valence-electron chi connectivity index (χ2n) is 9.07. The molecule has 15 nitrogen and oxygen atoms in total. The Labute approximate surface area is 233 Å². The van der Waals surface area contributed by atoms with Crippen molar-refractivity contribution < 1.29 is 23.8 Å². The van der Waals surface area contributed by atoms with Gasteiger partial charge in [-0.1, -0.05) is 12.1 Å². The molecule has 0 bridgehead atoms. The molecule has 214 valence electrons. The summed E-state index contributed by atoms with van der Waals surface area (Å²) in [4.78, 5) is 44.1. The molecule has 4 heterocycles. The number of benzene rings is 1. The third kappa shape index (κ3) is 7.02. The molecule has 0 aliphatic heterocycles. The molecule has 4 aromatic heterocycles. The zero-order valence-corrected chi connectivity index (χ0v) is 22.4. The number of carbonyl (C=O) groups is 2. The van der Waals surface area contributed by atoms with Crippen molar-refractivity contribution in [2.75, 3.05) is 36.9 Å². The van der Waals surface area contributed by atoms with Gasteiger partial charge in [0.15, 0.2) is 17.1 Å². The summed E-state index contributed by atoms with van der Waals surface area (Å²) >= 11 is 0. The van der Waals surface area contributed by atoms with Gasteiger partial charge >= 0.3 is 6.03 Å². The van der Waals surface area contributed by atoms with Crippen molar-refractivity contribution in [3.63, 3.8) is 0 Å². The number of carbonyl (C=O) groups excluding carboxylic acids is 2. The average molecular weight is 563 g/mol. The van der Waals surface area contributed by atoms with E-state index in [-0.39, 0.29) is 24.9 Å². The lowest BCUT2D eigenvalue weighted by molar-refractivity contribution is -0.293. The second-order valence-corrected chi connectivity index (χ2v) is 9.07. The van der Waals surface area contributed by atoms with Crippen LogP contribution < -0.4 is 21.7 Å². The quantitative estimate of drug-likeness (QED) is 0.0941. The van der Waals surface area contributed by atoms with Gasteiger partial charge in [-0.3, -0.25) is 14.8 Å². The molecule has 1 aromatic carbocycles. The summed E-state index contributed by atoms with van der Waals surface area (Å²) in [5, 5.41) is 17.7. The van der Waals surface area contributed by atoms with Gasteiger partial charge in [-0.2, -0.15) is 14.6 Å². The standard InChI is InChI=1S/C26H30N10O5/c1-35-16-19-22(33-35)31-25(36-24(19)30-23(34-36)20-5-4-12-39-20)32-26(38)29-18-8-6-17(7-9-18)15-21(37)28-11-14-41-40-13-3-2-10-27/h4-9,12,16H,2-3,10-11,13-15,27H2,1H3,(H,28,37)(H2,29,31,32,33,38). The molecule has 0 unspecified atom stereocenters. The molecule has 5 aromatic rings. The first-order valence-electron chi connectivity index (χ1n) is 13.0. The fourth-order valence-corrected chi connectivity index (χ4v) is 3.96. The molecule has 5 N–H and O–H groups in total. The third-order valence-electron chi connectivity index (χ3n) is 5.89. The Hall–Kier alpha value is -4.86. The Bertz CT molecular complexity index is 1610. The van der Waals surface area contributed by atoms with Crippen molar-refractivity contribution in [1.82, 2.24) is 34.7 Å². The number of amides is 3. The number of hydrogen-bond acceptors (Lipinski definition) is 10. The van der Waals surface area contributed by atoms with Gasteiger partial charge in [0.05, 0.1) is 31.3 Å². The van der Waals surface area contributed by atoms with Crippen LogP contribution in [0, 0.1) is 0 Å². The fraction of sp³-hybridized carbons (Fsp3) is 0.308. The summed E-state index contributed by atoms with van der Waals surface area (Å²) in [7, 11) is 1.77. The van der Waals surface area contributed by atoms with Crippen molar-refractivity contribution in [1.29, 1.82) is 0 Å². The number of nitrogens with one attached hydrogen (secondary N) is 3. The number of nitrogens with zero attached hydrogens (tertiary/aromatic N) is 6. The van der Waals surface area contributed by atoms with Crippen LogP contribution in [0.1, 0.15) is 18.4 Å². The molecule has 0 aliphatic rings. The van der Waals surface area contributed by atoms with Crippen molar-refractivity contribution >= 4 is 40.3 Å². The van der Waals surface area contributed by atoms with Gasteiger partial charge in [-0.15, -0.1) is 5.10 Å². The Kier molecular flexibility index (Phi) is 8.78. The summed E-state index contributed by atoms with van der Waals surface area (Å²) < 4.78 is 8.47. The summed E-state index contributed by atoms with van der Waals surface area (Å²) in [5.41, 5.74) is 7.59. The molecule has 15 heteroatoms. The van der Waals surface area contributed by atoms with Gasteiger partial charge in [0.2, 0.25) is 17.7 Å². The maximum absolute atomic E-state index is 12.9. The fourth-order valence-electron chi connectivity index (χ4n) is 3.96. The molecule has 3 amide bonds. The molecule has 0 aliphatic carbocycles. The first kappa shape index (κ1) is 27.7. The number of hydrogen-bond donors (Lipinski definition) is 4. The van der Waals surface area contributed by atoms with Crippen LogP contribution in [0.15, 0.2) is 53.3 Å². The van der Waals surface area contributed by atoms with Crippen molar-refractivity contribution in [2.24, 2.45) is 12.8 Å². The Morgan fingerprint density at radius 1 is 1.02 bits per heavy atom. The van der Waals surface area contributed by atoms with Gasteiger partial charge < -0.3 is 20.8 Å². The zero-order valence-electron chi connectivity index (χ0n) is 22.4. The number of urea groups is 1. The van der Waals surface area contributed by atoms with E-state index >= 15 is 0 Å². The number of aryl methyl sites for hydroxylation is 1. The lowest BCUT2D eigenvalue weighted by Gasteiger charge is -2.09. The van der Waals surface area contributed by atoms with E-state index < -0.39 is 6.03 Å². The molecular weight excluding hydrogens is 532 g/mol. The SMILES string of the molecule is Cn1cc2c(nc(NC(=O)Nc3ccc(CC(=O)NCCOOCCCCN)cc3)n3nc(-c4ccco4)nc23)n1. The highest BCUT2D eigenvalue weighted by Crippen LogP contribution is 2.24. The minimum absolute atomic E-state index is 0.132. The molecule has 0 saturated carbocycles. The van der Waals surface area contributed by atoms with E-state index in [0.717, 1.165) is 18.4 Å². The van der Waals surface area contributed by atoms with Gasteiger partial charge in [-0.25, -0.2) is 19.6 Å². The Balaban J connectivity index is 1.16. The Morgan fingerprint density at radius 3 is 2.63 bits per heavy atom. The van der Waals surface area contributed by atoms with Gasteiger partial charge in [-0.05, 0) is 49.2 Å².